The van der Waals surface area contributed by atoms with E-state index in [1.165, 1.54) is 12.1 Å². The van der Waals surface area contributed by atoms with Crippen molar-refractivity contribution in [3.05, 3.63) is 35.5 Å². The first-order valence-electron chi connectivity index (χ1n) is 11.8. The smallest absolute Gasteiger partial charge is 0.229 e. The molecule has 4 N–H and O–H groups in total. The molecule has 188 valence electrons. The van der Waals surface area contributed by atoms with Crippen molar-refractivity contribution >= 4 is 29.5 Å². The van der Waals surface area contributed by atoms with Crippen molar-refractivity contribution in [2.75, 3.05) is 22.7 Å². The molecule has 0 atom stereocenters. The first kappa shape index (κ1) is 24.9. The molecule has 4 rings (SSSR count). The van der Waals surface area contributed by atoms with Gasteiger partial charge in [-0.1, -0.05) is 5.22 Å². The van der Waals surface area contributed by atoms with Gasteiger partial charge in [0.2, 0.25) is 5.95 Å². The largest absolute Gasteiger partial charge is 0.365 e. The average molecular weight is 486 g/mol. The number of nitrogens with zero attached hydrogens (tertiary/aromatic N) is 5. The maximum atomic E-state index is 15.0. The maximum Gasteiger partial charge on any atom is 0.229 e. The van der Waals surface area contributed by atoms with Crippen LogP contribution in [0, 0.1) is 22.6 Å². The zero-order chi connectivity index (χ0) is 25.5. The Kier molecular flexibility index (Phi) is 6.48. The molecule has 1 saturated heterocycles. The normalized spacial score (nSPS) is 19.7. The van der Waals surface area contributed by atoms with Gasteiger partial charge in [0, 0.05) is 17.1 Å². The van der Waals surface area contributed by atoms with Gasteiger partial charge in [-0.2, -0.15) is 10.5 Å². The van der Waals surface area contributed by atoms with Gasteiger partial charge in [-0.05, 0) is 84.0 Å². The Bertz CT molecular complexity index is 1100. The Labute approximate surface area is 204 Å². The van der Waals surface area contributed by atoms with E-state index in [9.17, 15) is 8.78 Å². The van der Waals surface area contributed by atoms with Crippen molar-refractivity contribution in [3.8, 4) is 0 Å². The molecule has 1 aliphatic carbocycles. The molecule has 35 heavy (non-hydrogen) atoms. The van der Waals surface area contributed by atoms with Gasteiger partial charge in [-0.25, -0.2) is 18.8 Å². The standard InChI is InChI=1S/C24H33F2N9/c1-23(2)10-15(11-24(3,4)34(23)5)30-21-18(26)12-29-22(32-21)31-19-9-20(35(13-27)33-28)16(8-17(19)25)14-6-7-14/h8-9,12-15,27-28H,6-7,10-11H2,1-5H3,(H2,29,30,31,32). The van der Waals surface area contributed by atoms with Crippen LogP contribution in [0.5, 0.6) is 0 Å². The summed E-state index contributed by atoms with van der Waals surface area (Å²) in [6.07, 6.45) is 5.40. The van der Waals surface area contributed by atoms with Crippen molar-refractivity contribution < 1.29 is 8.78 Å². The molecule has 2 fully saturated rings. The summed E-state index contributed by atoms with van der Waals surface area (Å²) in [6, 6.07) is 2.87. The number of hydrogen-bond acceptors (Lipinski definition) is 8. The number of halogens is 2. The fourth-order valence-electron chi connectivity index (χ4n) is 5.06. The lowest BCUT2D eigenvalue weighted by atomic mass is 9.77. The van der Waals surface area contributed by atoms with Crippen LogP contribution in [0.15, 0.2) is 23.6 Å². The minimum Gasteiger partial charge on any atom is -0.365 e. The topological polar surface area (TPSA) is 116 Å². The summed E-state index contributed by atoms with van der Waals surface area (Å²) in [5.74, 6) is -0.835. The van der Waals surface area contributed by atoms with Crippen LogP contribution < -0.4 is 15.6 Å². The fraction of sp³-hybridized carbons (Fsp3) is 0.542. The number of piperidine rings is 1. The van der Waals surface area contributed by atoms with E-state index in [0.29, 0.717) is 11.3 Å². The van der Waals surface area contributed by atoms with E-state index in [1.807, 2.05) is 0 Å². The number of hydrogen-bond donors (Lipinski definition) is 4. The summed E-state index contributed by atoms with van der Waals surface area (Å²) in [6.45, 7) is 8.66. The quantitative estimate of drug-likeness (QED) is 0.163. The zero-order valence-corrected chi connectivity index (χ0v) is 20.8. The summed E-state index contributed by atoms with van der Waals surface area (Å²) in [5, 5.41) is 18.0. The van der Waals surface area contributed by atoms with Gasteiger partial charge in [0.25, 0.3) is 0 Å². The Morgan fingerprint density at radius 3 is 2.37 bits per heavy atom. The predicted molar refractivity (Wildman–Crippen MR) is 133 cm³/mol. The minimum absolute atomic E-state index is 0.00516. The molecule has 11 heteroatoms. The molecule has 1 saturated carbocycles. The van der Waals surface area contributed by atoms with E-state index in [2.05, 4.69) is 65.5 Å². The molecule has 0 radical (unpaired) electrons. The molecular weight excluding hydrogens is 452 g/mol. The number of rotatable bonds is 8. The Balaban J connectivity index is 1.59. The third-order valence-electron chi connectivity index (χ3n) is 7.25. The summed E-state index contributed by atoms with van der Waals surface area (Å²) in [4.78, 5) is 10.6. The van der Waals surface area contributed by atoms with Gasteiger partial charge in [-0.3, -0.25) is 10.3 Å². The molecule has 0 unspecified atom stereocenters. The summed E-state index contributed by atoms with van der Waals surface area (Å²) in [5.41, 5.74) is 8.37. The number of benzene rings is 1. The summed E-state index contributed by atoms with van der Waals surface area (Å²) in [7, 11) is 2.11. The summed E-state index contributed by atoms with van der Waals surface area (Å²) >= 11 is 0. The van der Waals surface area contributed by atoms with Crippen molar-refractivity contribution in [1.82, 2.24) is 14.9 Å². The van der Waals surface area contributed by atoms with E-state index >= 15 is 0 Å². The highest BCUT2D eigenvalue weighted by molar-refractivity contribution is 5.80. The van der Waals surface area contributed by atoms with Crippen LogP contribution >= 0.6 is 0 Å². The van der Waals surface area contributed by atoms with E-state index in [0.717, 1.165) is 43.2 Å². The van der Waals surface area contributed by atoms with Gasteiger partial charge in [0.05, 0.1) is 17.6 Å². The molecule has 1 aromatic carbocycles. The molecule has 1 aromatic heterocycles. The molecule has 2 aromatic rings. The van der Waals surface area contributed by atoms with Crippen LogP contribution in [0.25, 0.3) is 0 Å². The maximum absolute atomic E-state index is 15.0. The number of likely N-dealkylation sites (tertiary alicyclic amines) is 1. The van der Waals surface area contributed by atoms with Crippen molar-refractivity contribution in [3.63, 3.8) is 0 Å². The lowest BCUT2D eigenvalue weighted by molar-refractivity contribution is -0.00778. The van der Waals surface area contributed by atoms with Crippen LogP contribution in [-0.2, 0) is 0 Å². The monoisotopic (exact) mass is 485 g/mol. The second-order valence-electron chi connectivity index (χ2n) is 10.7. The van der Waals surface area contributed by atoms with Gasteiger partial charge in [-0.15, -0.1) is 0 Å². The lowest BCUT2D eigenvalue weighted by Gasteiger charge is -2.53. The Hall–Kier alpha value is -3.21. The lowest BCUT2D eigenvalue weighted by Crippen LogP contribution is -2.61. The highest BCUT2D eigenvalue weighted by Crippen LogP contribution is 2.46. The zero-order valence-electron chi connectivity index (χ0n) is 20.8. The highest BCUT2D eigenvalue weighted by Gasteiger charge is 2.43. The molecule has 0 spiro atoms. The third-order valence-corrected chi connectivity index (χ3v) is 7.25. The number of aromatic nitrogens is 2. The van der Waals surface area contributed by atoms with Crippen LogP contribution in [-0.4, -0.2) is 45.4 Å². The van der Waals surface area contributed by atoms with Crippen molar-refractivity contribution in [1.29, 1.82) is 10.9 Å². The minimum atomic E-state index is -0.585. The molecule has 0 amide bonds. The first-order valence-corrected chi connectivity index (χ1v) is 11.8. The van der Waals surface area contributed by atoms with E-state index in [4.69, 9.17) is 10.9 Å². The van der Waals surface area contributed by atoms with Crippen LogP contribution in [0.3, 0.4) is 0 Å². The van der Waals surface area contributed by atoms with Gasteiger partial charge < -0.3 is 10.6 Å². The van der Waals surface area contributed by atoms with Crippen molar-refractivity contribution in [2.45, 2.75) is 76.4 Å². The van der Waals surface area contributed by atoms with Crippen LogP contribution in [0.1, 0.15) is 64.9 Å². The van der Waals surface area contributed by atoms with Crippen LogP contribution in [0.4, 0.5) is 31.9 Å². The molecular formula is C24H33F2N9. The first-order chi connectivity index (χ1) is 16.4. The second kappa shape index (κ2) is 9.10. The SMILES string of the molecule is CN1C(C)(C)CC(Nc2nc(Nc3cc(N(C=N)N=N)c(C4CC4)cc3F)ncc2F)CC1(C)C. The van der Waals surface area contributed by atoms with E-state index in [1.54, 1.807) is 0 Å². The predicted octanol–water partition coefficient (Wildman–Crippen LogP) is 5.80. The van der Waals surface area contributed by atoms with Gasteiger partial charge in [0.1, 0.15) is 12.2 Å². The third kappa shape index (κ3) is 5.09. The molecule has 9 nitrogen and oxygen atoms in total. The Morgan fingerprint density at radius 1 is 1.14 bits per heavy atom. The van der Waals surface area contributed by atoms with Gasteiger partial charge >= 0.3 is 0 Å². The van der Waals surface area contributed by atoms with E-state index < -0.39 is 11.6 Å². The fourth-order valence-corrected chi connectivity index (χ4v) is 5.06. The van der Waals surface area contributed by atoms with Crippen LogP contribution in [0.2, 0.25) is 0 Å². The average Bonchev–Trinajstić information content (AvgIpc) is 3.62. The van der Waals surface area contributed by atoms with Crippen molar-refractivity contribution in [2.24, 2.45) is 5.22 Å². The summed E-state index contributed by atoms with van der Waals surface area (Å²) < 4.78 is 29.6. The highest BCUT2D eigenvalue weighted by atomic mass is 19.1. The molecule has 1 aliphatic heterocycles. The number of nitrogens with one attached hydrogen (secondary N) is 4. The molecule has 2 heterocycles. The number of anilines is 4. The van der Waals surface area contributed by atoms with Gasteiger partial charge in [0.15, 0.2) is 11.6 Å². The molecule has 0 bridgehead atoms. The second-order valence-corrected chi connectivity index (χ2v) is 10.7. The molecule has 2 aliphatic rings. The van der Waals surface area contributed by atoms with E-state index in [-0.39, 0.29) is 40.5 Å². The Morgan fingerprint density at radius 2 is 1.80 bits per heavy atom.